The van der Waals surface area contributed by atoms with Gasteiger partial charge < -0.3 is 10.3 Å². The molecule has 3 rings (SSSR count). The first-order chi connectivity index (χ1) is 12.5. The van der Waals surface area contributed by atoms with Crippen molar-refractivity contribution >= 4 is 27.1 Å². The lowest BCUT2D eigenvalue weighted by molar-refractivity contribution is -0.120. The Morgan fingerprint density at radius 2 is 1.96 bits per heavy atom. The summed E-state index contributed by atoms with van der Waals surface area (Å²) >= 11 is 1.63. The zero-order chi connectivity index (χ0) is 18.4. The van der Waals surface area contributed by atoms with E-state index in [1.807, 2.05) is 17.5 Å². The van der Waals surface area contributed by atoms with Crippen molar-refractivity contribution in [3.63, 3.8) is 0 Å². The number of rotatable bonds is 8. The van der Waals surface area contributed by atoms with Crippen molar-refractivity contribution in [2.24, 2.45) is 0 Å². The van der Waals surface area contributed by atoms with Crippen LogP contribution < -0.4 is 5.32 Å². The average molecular weight is 390 g/mol. The summed E-state index contributed by atoms with van der Waals surface area (Å²) in [5.74, 6) is 0.298. The van der Waals surface area contributed by atoms with E-state index in [0.717, 1.165) is 16.4 Å². The summed E-state index contributed by atoms with van der Waals surface area (Å²) < 4.78 is 24.3. The summed E-state index contributed by atoms with van der Waals surface area (Å²) in [6.07, 6.45) is 2.27. The van der Waals surface area contributed by atoms with Gasteiger partial charge in [0.05, 0.1) is 27.4 Å². The summed E-state index contributed by atoms with van der Waals surface area (Å²) in [7, 11) is -3.43. The van der Waals surface area contributed by atoms with Gasteiger partial charge in [-0.05, 0) is 23.6 Å². The highest BCUT2D eigenvalue weighted by Crippen LogP contribution is 2.22. The van der Waals surface area contributed by atoms with Crippen molar-refractivity contribution in [2.75, 3.05) is 12.3 Å². The molecule has 0 aliphatic rings. The fourth-order valence-corrected chi connectivity index (χ4v) is 4.38. The third-order valence-corrected chi connectivity index (χ3v) is 6.43. The minimum absolute atomic E-state index is 0.0597. The zero-order valence-corrected chi connectivity index (χ0v) is 15.6. The minimum atomic E-state index is -3.43. The number of carbonyl (C=O) groups is 1. The lowest BCUT2D eigenvalue weighted by Gasteiger charge is -2.06. The number of sulfone groups is 1. The van der Waals surface area contributed by atoms with Crippen LogP contribution in [0.4, 0.5) is 0 Å². The first kappa shape index (κ1) is 18.3. The number of aromatic amines is 1. The number of nitrogens with zero attached hydrogens (tertiary/aromatic N) is 1. The molecular weight excluding hydrogens is 370 g/mol. The standard InChI is InChI=1S/C18H19N3O3S2/c22-18(9-12-26(23,24)14-5-2-1-3-6-14)19-10-8-17-20-13-15(21-17)16-7-4-11-25-16/h1-7,11,13H,8-10,12H2,(H,19,22)(H,20,21). The highest BCUT2D eigenvalue weighted by Gasteiger charge is 2.15. The first-order valence-corrected chi connectivity index (χ1v) is 10.7. The first-order valence-electron chi connectivity index (χ1n) is 8.17. The second-order valence-corrected chi connectivity index (χ2v) is 8.76. The number of carbonyl (C=O) groups excluding carboxylic acids is 1. The summed E-state index contributed by atoms with van der Waals surface area (Å²) in [6, 6.07) is 12.2. The molecule has 2 heterocycles. The Kier molecular flexibility index (Phi) is 5.85. The van der Waals surface area contributed by atoms with Crippen LogP contribution in [-0.4, -0.2) is 36.6 Å². The molecule has 0 aliphatic heterocycles. The maximum atomic E-state index is 12.2. The molecule has 0 unspecified atom stereocenters. The molecule has 0 bridgehead atoms. The summed E-state index contributed by atoms with van der Waals surface area (Å²) in [4.78, 5) is 20.8. The number of hydrogen-bond acceptors (Lipinski definition) is 5. The minimum Gasteiger partial charge on any atom is -0.356 e. The van der Waals surface area contributed by atoms with Crippen LogP contribution in [0.25, 0.3) is 10.6 Å². The molecule has 3 aromatic rings. The van der Waals surface area contributed by atoms with E-state index in [9.17, 15) is 13.2 Å². The number of amides is 1. The Labute approximate surface area is 156 Å². The predicted octanol–water partition coefficient (Wildman–Crippen LogP) is 2.66. The second kappa shape index (κ2) is 8.29. The van der Waals surface area contributed by atoms with Crippen LogP contribution >= 0.6 is 11.3 Å². The summed E-state index contributed by atoms with van der Waals surface area (Å²) in [5, 5.41) is 4.74. The van der Waals surface area contributed by atoms with E-state index in [1.165, 1.54) is 12.1 Å². The molecule has 26 heavy (non-hydrogen) atoms. The molecular formula is C18H19N3O3S2. The zero-order valence-electron chi connectivity index (χ0n) is 14.0. The van der Waals surface area contributed by atoms with Gasteiger partial charge in [0.2, 0.25) is 5.91 Å². The van der Waals surface area contributed by atoms with Gasteiger partial charge in [-0.1, -0.05) is 24.3 Å². The van der Waals surface area contributed by atoms with Gasteiger partial charge in [0.15, 0.2) is 9.84 Å². The fourth-order valence-electron chi connectivity index (χ4n) is 2.43. The largest absolute Gasteiger partial charge is 0.356 e. The number of aromatic nitrogens is 2. The van der Waals surface area contributed by atoms with Gasteiger partial charge in [-0.15, -0.1) is 11.3 Å². The molecule has 1 amide bonds. The van der Waals surface area contributed by atoms with E-state index in [1.54, 1.807) is 35.7 Å². The Morgan fingerprint density at radius 1 is 1.15 bits per heavy atom. The normalized spacial score (nSPS) is 11.4. The van der Waals surface area contributed by atoms with Crippen LogP contribution in [0.3, 0.4) is 0 Å². The van der Waals surface area contributed by atoms with Gasteiger partial charge in [-0.2, -0.15) is 0 Å². The van der Waals surface area contributed by atoms with E-state index >= 15 is 0 Å². The number of H-pyrrole nitrogens is 1. The molecule has 136 valence electrons. The predicted molar refractivity (Wildman–Crippen MR) is 102 cm³/mol. The lowest BCUT2D eigenvalue weighted by Crippen LogP contribution is -2.27. The van der Waals surface area contributed by atoms with Crippen LogP contribution in [0.2, 0.25) is 0 Å². The molecule has 0 atom stereocenters. The van der Waals surface area contributed by atoms with Gasteiger partial charge in [-0.3, -0.25) is 4.79 Å². The molecule has 2 aromatic heterocycles. The Morgan fingerprint density at radius 3 is 2.69 bits per heavy atom. The summed E-state index contributed by atoms with van der Waals surface area (Å²) in [6.45, 7) is 0.404. The quantitative estimate of drug-likeness (QED) is 0.619. The Balaban J connectivity index is 1.43. The van der Waals surface area contributed by atoms with E-state index in [0.29, 0.717) is 13.0 Å². The van der Waals surface area contributed by atoms with Gasteiger partial charge in [0.1, 0.15) is 5.82 Å². The van der Waals surface area contributed by atoms with Crippen molar-refractivity contribution in [1.82, 2.24) is 15.3 Å². The maximum absolute atomic E-state index is 12.2. The van der Waals surface area contributed by atoms with Crippen LogP contribution in [0.5, 0.6) is 0 Å². The van der Waals surface area contributed by atoms with Gasteiger partial charge >= 0.3 is 0 Å². The molecule has 8 heteroatoms. The maximum Gasteiger partial charge on any atom is 0.221 e. The molecule has 0 saturated heterocycles. The highest BCUT2D eigenvalue weighted by atomic mass is 32.2. The van der Waals surface area contributed by atoms with E-state index in [2.05, 4.69) is 15.3 Å². The van der Waals surface area contributed by atoms with Crippen molar-refractivity contribution in [3.8, 4) is 10.6 Å². The van der Waals surface area contributed by atoms with Gasteiger partial charge in [0, 0.05) is 19.4 Å². The molecule has 0 aliphatic carbocycles. The highest BCUT2D eigenvalue weighted by molar-refractivity contribution is 7.91. The fraction of sp³-hybridized carbons (Fsp3) is 0.222. The van der Waals surface area contributed by atoms with Crippen molar-refractivity contribution in [1.29, 1.82) is 0 Å². The molecule has 6 nitrogen and oxygen atoms in total. The Bertz CT molecular complexity index is 949. The van der Waals surface area contributed by atoms with Crippen molar-refractivity contribution < 1.29 is 13.2 Å². The number of imidazole rings is 1. The number of nitrogens with one attached hydrogen (secondary N) is 2. The van der Waals surface area contributed by atoms with Crippen LogP contribution in [0.1, 0.15) is 12.2 Å². The Hall–Kier alpha value is -2.45. The van der Waals surface area contributed by atoms with Crippen LogP contribution in [0, 0.1) is 0 Å². The smallest absolute Gasteiger partial charge is 0.221 e. The molecule has 0 radical (unpaired) electrons. The average Bonchev–Trinajstić information content (AvgIpc) is 3.32. The van der Waals surface area contributed by atoms with E-state index in [4.69, 9.17) is 0 Å². The van der Waals surface area contributed by atoms with E-state index < -0.39 is 9.84 Å². The number of hydrogen-bond donors (Lipinski definition) is 2. The molecule has 0 saturated carbocycles. The number of benzene rings is 1. The lowest BCUT2D eigenvalue weighted by atomic mass is 10.3. The monoisotopic (exact) mass is 389 g/mol. The van der Waals surface area contributed by atoms with Gasteiger partial charge in [0.25, 0.3) is 0 Å². The second-order valence-electron chi connectivity index (χ2n) is 5.70. The van der Waals surface area contributed by atoms with Crippen molar-refractivity contribution in [2.45, 2.75) is 17.7 Å². The SMILES string of the molecule is O=C(CCS(=O)(=O)c1ccccc1)NCCc1ncc(-c2cccs2)[nH]1. The van der Waals surface area contributed by atoms with Crippen LogP contribution in [0.15, 0.2) is 58.9 Å². The summed E-state index contributed by atoms with van der Waals surface area (Å²) in [5.41, 5.74) is 0.954. The molecule has 2 N–H and O–H groups in total. The number of thiophene rings is 1. The molecule has 0 fully saturated rings. The van der Waals surface area contributed by atoms with Gasteiger partial charge in [-0.25, -0.2) is 13.4 Å². The van der Waals surface area contributed by atoms with Crippen molar-refractivity contribution in [3.05, 3.63) is 59.9 Å². The molecule has 0 spiro atoms. The van der Waals surface area contributed by atoms with Crippen LogP contribution in [-0.2, 0) is 21.1 Å². The third kappa shape index (κ3) is 4.80. The van der Waals surface area contributed by atoms with E-state index in [-0.39, 0.29) is 23.0 Å². The molecule has 1 aromatic carbocycles. The third-order valence-electron chi connectivity index (χ3n) is 3.80. The topological polar surface area (TPSA) is 91.9 Å².